The largest absolute Gasteiger partial charge is 0.478 e. The molecule has 0 atom stereocenters. The monoisotopic (exact) mass is 436 g/mol. The Morgan fingerprint density at radius 2 is 1.69 bits per heavy atom. The van der Waals surface area contributed by atoms with Gasteiger partial charge < -0.3 is 15.3 Å². The summed E-state index contributed by atoms with van der Waals surface area (Å²) in [5, 5.41) is 16.3. The Balaban J connectivity index is 2.03. The average molecular weight is 437 g/mol. The molecule has 0 aromatic heterocycles. The van der Waals surface area contributed by atoms with Gasteiger partial charge in [-0.2, -0.15) is 0 Å². The number of amides is 1. The van der Waals surface area contributed by atoms with Gasteiger partial charge in [-0.25, -0.2) is 4.79 Å². The first kappa shape index (κ1) is 23.5. The van der Waals surface area contributed by atoms with Crippen LogP contribution in [-0.2, 0) is 20.5 Å². The van der Waals surface area contributed by atoms with Crippen molar-refractivity contribution < 1.29 is 19.5 Å². The molecule has 170 valence electrons. The van der Waals surface area contributed by atoms with Crippen LogP contribution in [-0.4, -0.2) is 29.3 Å². The number of hydrogen-bond acceptors (Lipinski definition) is 4. The second kappa shape index (κ2) is 9.15. The first-order chi connectivity index (χ1) is 15.1. The molecular weight excluding hydrogens is 404 g/mol. The van der Waals surface area contributed by atoms with E-state index in [0.717, 1.165) is 19.3 Å². The number of anilines is 1. The van der Waals surface area contributed by atoms with Crippen molar-refractivity contribution in [2.24, 2.45) is 5.16 Å². The van der Waals surface area contributed by atoms with Crippen molar-refractivity contribution in [1.29, 1.82) is 0 Å². The highest BCUT2D eigenvalue weighted by Crippen LogP contribution is 2.46. The highest BCUT2D eigenvalue weighted by molar-refractivity contribution is 6.49. The van der Waals surface area contributed by atoms with Crippen molar-refractivity contribution in [2.45, 2.75) is 64.7 Å². The zero-order valence-electron chi connectivity index (χ0n) is 19.5. The number of carbonyl (C=O) groups is 2. The second-order valence-corrected chi connectivity index (χ2v) is 9.61. The molecule has 1 amide bonds. The molecule has 32 heavy (non-hydrogen) atoms. The van der Waals surface area contributed by atoms with Gasteiger partial charge in [0.2, 0.25) is 0 Å². The molecule has 0 saturated carbocycles. The van der Waals surface area contributed by atoms with E-state index in [2.05, 4.69) is 44.2 Å². The number of nitrogens with one attached hydrogen (secondary N) is 1. The van der Waals surface area contributed by atoms with E-state index in [4.69, 9.17) is 4.84 Å². The molecule has 0 bridgehead atoms. The van der Waals surface area contributed by atoms with E-state index in [9.17, 15) is 14.7 Å². The average Bonchev–Trinajstić information content (AvgIpc) is 2.74. The fraction of sp³-hybridized carbons (Fsp3) is 0.423. The van der Waals surface area contributed by atoms with Gasteiger partial charge in [-0.05, 0) is 59.4 Å². The van der Waals surface area contributed by atoms with Gasteiger partial charge in [-0.3, -0.25) is 4.79 Å². The number of carboxylic acids is 1. The number of nitrogens with zero attached hydrogens (tertiary/aromatic N) is 1. The van der Waals surface area contributed by atoms with E-state index in [-0.39, 0.29) is 27.8 Å². The van der Waals surface area contributed by atoms with Crippen LogP contribution in [0.25, 0.3) is 0 Å². The maximum absolute atomic E-state index is 13.2. The fourth-order valence-corrected chi connectivity index (χ4v) is 4.12. The minimum Gasteiger partial charge on any atom is -0.478 e. The van der Waals surface area contributed by atoms with Crippen LogP contribution >= 0.6 is 0 Å². The summed E-state index contributed by atoms with van der Waals surface area (Å²) in [4.78, 5) is 30.1. The van der Waals surface area contributed by atoms with E-state index in [1.165, 1.54) is 17.2 Å². The highest BCUT2D eigenvalue weighted by Gasteiger charge is 2.37. The molecule has 0 fully saturated rings. The summed E-state index contributed by atoms with van der Waals surface area (Å²) in [6.45, 7) is 11.3. The molecular formula is C26H32N2O4. The van der Waals surface area contributed by atoms with Crippen LogP contribution in [0.1, 0.15) is 80.9 Å². The Morgan fingerprint density at radius 1 is 1.03 bits per heavy atom. The predicted molar refractivity (Wildman–Crippen MR) is 127 cm³/mol. The predicted octanol–water partition coefficient (Wildman–Crippen LogP) is 5.50. The second-order valence-electron chi connectivity index (χ2n) is 9.61. The van der Waals surface area contributed by atoms with Crippen molar-refractivity contribution in [3.8, 4) is 0 Å². The van der Waals surface area contributed by atoms with Gasteiger partial charge in [-0.15, -0.1) is 0 Å². The smallest absolute Gasteiger partial charge is 0.337 e. The molecule has 1 aliphatic rings. The van der Waals surface area contributed by atoms with Gasteiger partial charge >= 0.3 is 5.97 Å². The number of benzene rings is 2. The summed E-state index contributed by atoms with van der Waals surface area (Å²) in [7, 11) is 0. The van der Waals surface area contributed by atoms with Crippen LogP contribution in [0.15, 0.2) is 47.6 Å². The number of oxime groups is 1. The van der Waals surface area contributed by atoms with E-state index in [0.29, 0.717) is 12.2 Å². The van der Waals surface area contributed by atoms with E-state index in [1.807, 2.05) is 19.1 Å². The molecule has 0 heterocycles. The standard InChI is InChI=1S/C26H32N2O4/c1-6-15-32-28-22(23(29)27-21-10-8-7-9-18(21)24(30)31)17-11-12-19-20(16-17)26(4,5)14-13-25(19,2)3/h7-12,16H,6,13-15H2,1-5H3,(H,27,29)(H,30,31). The summed E-state index contributed by atoms with van der Waals surface area (Å²) in [5.74, 6) is -1.62. The molecule has 0 spiro atoms. The van der Waals surface area contributed by atoms with Crippen molar-refractivity contribution in [1.82, 2.24) is 0 Å². The van der Waals surface area contributed by atoms with Crippen LogP contribution in [0.3, 0.4) is 0 Å². The first-order valence-electron chi connectivity index (χ1n) is 11.1. The Kier molecular flexibility index (Phi) is 6.72. The summed E-state index contributed by atoms with van der Waals surface area (Å²) in [6, 6.07) is 12.3. The number of rotatable bonds is 7. The minimum absolute atomic E-state index is 0.0167. The zero-order valence-corrected chi connectivity index (χ0v) is 19.5. The van der Waals surface area contributed by atoms with Crippen molar-refractivity contribution in [3.63, 3.8) is 0 Å². The third kappa shape index (κ3) is 4.85. The van der Waals surface area contributed by atoms with E-state index >= 15 is 0 Å². The van der Waals surface area contributed by atoms with Crippen LogP contribution in [0, 0.1) is 0 Å². The van der Waals surface area contributed by atoms with Gasteiger partial charge in [0.25, 0.3) is 5.91 Å². The summed E-state index contributed by atoms with van der Waals surface area (Å²) in [5.41, 5.74) is 3.52. The minimum atomic E-state index is -1.11. The van der Waals surface area contributed by atoms with Crippen molar-refractivity contribution in [2.75, 3.05) is 11.9 Å². The Bertz CT molecular complexity index is 1050. The topological polar surface area (TPSA) is 88.0 Å². The third-order valence-electron chi connectivity index (χ3n) is 6.20. The molecule has 0 saturated heterocycles. The van der Waals surface area contributed by atoms with Crippen LogP contribution in [0.4, 0.5) is 5.69 Å². The molecule has 6 nitrogen and oxygen atoms in total. The molecule has 0 radical (unpaired) electrons. The van der Waals surface area contributed by atoms with E-state index < -0.39 is 11.9 Å². The van der Waals surface area contributed by atoms with Gasteiger partial charge in [0.15, 0.2) is 5.71 Å². The maximum atomic E-state index is 13.2. The molecule has 2 N–H and O–H groups in total. The Hall–Kier alpha value is -3.15. The fourth-order valence-electron chi connectivity index (χ4n) is 4.12. The third-order valence-corrected chi connectivity index (χ3v) is 6.20. The van der Waals surface area contributed by atoms with E-state index in [1.54, 1.807) is 18.2 Å². The normalized spacial score (nSPS) is 16.7. The number of para-hydroxylation sites is 1. The molecule has 6 heteroatoms. The number of fused-ring (bicyclic) bond motifs is 1. The number of carbonyl (C=O) groups excluding carboxylic acids is 1. The molecule has 3 rings (SSSR count). The van der Waals surface area contributed by atoms with Gasteiger partial charge in [0.1, 0.15) is 6.61 Å². The van der Waals surface area contributed by atoms with Crippen molar-refractivity contribution >= 4 is 23.3 Å². The molecule has 0 unspecified atom stereocenters. The van der Waals surface area contributed by atoms with Gasteiger partial charge in [0, 0.05) is 5.56 Å². The zero-order chi connectivity index (χ0) is 23.5. The Labute approximate surface area is 189 Å². The number of aromatic carboxylic acids is 1. The van der Waals surface area contributed by atoms with Crippen LogP contribution in [0.5, 0.6) is 0 Å². The Morgan fingerprint density at radius 3 is 2.34 bits per heavy atom. The number of hydrogen-bond donors (Lipinski definition) is 2. The lowest BCUT2D eigenvalue weighted by Gasteiger charge is -2.42. The maximum Gasteiger partial charge on any atom is 0.337 e. The molecule has 0 aliphatic heterocycles. The van der Waals surface area contributed by atoms with Crippen LogP contribution < -0.4 is 5.32 Å². The van der Waals surface area contributed by atoms with Crippen molar-refractivity contribution in [3.05, 3.63) is 64.7 Å². The highest BCUT2D eigenvalue weighted by atomic mass is 16.6. The SMILES string of the molecule is CCCON=C(C(=O)Nc1ccccc1C(=O)O)c1ccc2c(c1)C(C)(C)CCC2(C)C. The van der Waals surface area contributed by atoms with Crippen LogP contribution in [0.2, 0.25) is 0 Å². The summed E-state index contributed by atoms with van der Waals surface area (Å²) >= 11 is 0. The molecule has 2 aromatic carbocycles. The molecule has 2 aromatic rings. The summed E-state index contributed by atoms with van der Waals surface area (Å²) in [6.07, 6.45) is 2.90. The van der Waals surface area contributed by atoms with Gasteiger partial charge in [-0.1, -0.05) is 64.0 Å². The lowest BCUT2D eigenvalue weighted by molar-refractivity contribution is -0.110. The number of carboxylic acid groups (broad SMARTS) is 1. The quantitative estimate of drug-likeness (QED) is 0.341. The molecule has 1 aliphatic carbocycles. The van der Waals surface area contributed by atoms with Gasteiger partial charge in [0.05, 0.1) is 11.3 Å². The first-order valence-corrected chi connectivity index (χ1v) is 11.1. The lowest BCUT2D eigenvalue weighted by atomic mass is 9.63. The lowest BCUT2D eigenvalue weighted by Crippen LogP contribution is -2.34. The summed E-state index contributed by atoms with van der Waals surface area (Å²) < 4.78 is 0.